The van der Waals surface area contributed by atoms with Crippen LogP contribution in [0, 0.1) is 0 Å². The monoisotopic (exact) mass is 447 g/mol. The minimum atomic E-state index is -0.879. The molecule has 0 atom stereocenters. The second-order valence-corrected chi connectivity index (χ2v) is 5.82. The molecule has 1 heterocycles. The summed E-state index contributed by atoms with van der Waals surface area (Å²) in [4.78, 5) is 30.6. The zero-order valence-corrected chi connectivity index (χ0v) is 17.3. The van der Waals surface area contributed by atoms with Crippen molar-refractivity contribution < 1.29 is 29.7 Å². The van der Waals surface area contributed by atoms with Crippen molar-refractivity contribution in [2.75, 3.05) is 0 Å². The Morgan fingerprint density at radius 2 is 0.727 bits per heavy atom. The lowest BCUT2D eigenvalue weighted by atomic mass is 10.2. The predicted molar refractivity (Wildman–Crippen MR) is 120 cm³/mol. The smallest absolute Gasteiger partial charge is 0.335 e. The lowest BCUT2D eigenvalue weighted by Gasteiger charge is -1.88. The fourth-order valence-electron chi connectivity index (χ4n) is 1.95. The summed E-state index contributed by atoms with van der Waals surface area (Å²) in [5.41, 5.74) is 0.993. The van der Waals surface area contributed by atoms with Crippen LogP contribution < -0.4 is 0 Å². The topological polar surface area (TPSA) is 151 Å². The lowest BCUT2D eigenvalue weighted by Crippen LogP contribution is -1.93. The van der Waals surface area contributed by atoms with E-state index in [4.69, 9.17) is 15.3 Å². The highest BCUT2D eigenvalue weighted by molar-refractivity contribution is 5.88. The van der Waals surface area contributed by atoms with Gasteiger partial charge in [-0.05, 0) is 47.7 Å². The SMILES string of the molecule is O=C(O)c1ccccc1.O=C(O)c1ccccc1.O=C(O)c1ccccc1.c1cnnnc1. The van der Waals surface area contributed by atoms with Crippen LogP contribution in [0.3, 0.4) is 0 Å². The van der Waals surface area contributed by atoms with Crippen LogP contribution in [0.2, 0.25) is 0 Å². The Morgan fingerprint density at radius 3 is 0.848 bits per heavy atom. The third-order valence-corrected chi connectivity index (χ3v) is 3.47. The van der Waals surface area contributed by atoms with Crippen LogP contribution in [0.1, 0.15) is 31.1 Å². The molecule has 0 spiro atoms. The normalized spacial score (nSPS) is 8.73. The largest absolute Gasteiger partial charge is 0.478 e. The molecular formula is C24H21N3O6. The van der Waals surface area contributed by atoms with E-state index in [2.05, 4.69) is 15.4 Å². The number of aromatic carboxylic acids is 3. The highest BCUT2D eigenvalue weighted by Crippen LogP contribution is 1.97. The summed E-state index contributed by atoms with van der Waals surface area (Å²) in [5.74, 6) is -2.64. The van der Waals surface area contributed by atoms with Gasteiger partial charge in [0, 0.05) is 0 Å². The van der Waals surface area contributed by atoms with Crippen molar-refractivity contribution >= 4 is 17.9 Å². The number of carboxylic acids is 3. The second kappa shape index (κ2) is 15.9. The van der Waals surface area contributed by atoms with Gasteiger partial charge in [-0.15, -0.1) is 10.2 Å². The molecule has 33 heavy (non-hydrogen) atoms. The summed E-state index contributed by atoms with van der Waals surface area (Å²) >= 11 is 0. The molecular weight excluding hydrogens is 426 g/mol. The molecule has 0 fully saturated rings. The molecule has 3 aromatic carbocycles. The number of benzene rings is 3. The van der Waals surface area contributed by atoms with E-state index in [0.29, 0.717) is 16.7 Å². The lowest BCUT2D eigenvalue weighted by molar-refractivity contribution is 0.0686. The van der Waals surface area contributed by atoms with Crippen molar-refractivity contribution in [1.29, 1.82) is 0 Å². The molecule has 9 heteroatoms. The summed E-state index contributed by atoms with van der Waals surface area (Å²) < 4.78 is 0. The van der Waals surface area contributed by atoms with E-state index >= 15 is 0 Å². The van der Waals surface area contributed by atoms with Crippen molar-refractivity contribution in [3.63, 3.8) is 0 Å². The Bertz CT molecular complexity index is 936. The van der Waals surface area contributed by atoms with Crippen LogP contribution in [-0.2, 0) is 0 Å². The summed E-state index contributed by atoms with van der Waals surface area (Å²) in [5, 5.41) is 35.3. The first-order valence-corrected chi connectivity index (χ1v) is 9.35. The summed E-state index contributed by atoms with van der Waals surface area (Å²) in [7, 11) is 0. The Kier molecular flexibility index (Phi) is 12.6. The van der Waals surface area contributed by atoms with Crippen molar-refractivity contribution in [2.24, 2.45) is 0 Å². The molecule has 3 N–H and O–H groups in total. The van der Waals surface area contributed by atoms with Gasteiger partial charge in [0.25, 0.3) is 0 Å². The zero-order chi connectivity index (χ0) is 24.3. The van der Waals surface area contributed by atoms with Gasteiger partial charge in [0.2, 0.25) is 0 Å². The van der Waals surface area contributed by atoms with Crippen molar-refractivity contribution in [1.82, 2.24) is 15.4 Å². The Morgan fingerprint density at radius 1 is 0.455 bits per heavy atom. The van der Waals surface area contributed by atoms with Crippen LogP contribution in [0.4, 0.5) is 0 Å². The molecule has 0 bridgehead atoms. The maximum atomic E-state index is 10.2. The van der Waals surface area contributed by atoms with Gasteiger partial charge in [0.05, 0.1) is 29.1 Å². The minimum absolute atomic E-state index is 0.331. The van der Waals surface area contributed by atoms with Crippen LogP contribution in [0.25, 0.3) is 0 Å². The fourth-order valence-corrected chi connectivity index (χ4v) is 1.95. The Balaban J connectivity index is 0.000000222. The van der Waals surface area contributed by atoms with Crippen LogP contribution in [0.5, 0.6) is 0 Å². The third kappa shape index (κ3) is 12.4. The number of aromatic nitrogens is 3. The number of hydrogen-bond donors (Lipinski definition) is 3. The minimum Gasteiger partial charge on any atom is -0.478 e. The molecule has 0 amide bonds. The maximum absolute atomic E-state index is 10.2. The van der Waals surface area contributed by atoms with Crippen molar-refractivity contribution in [3.8, 4) is 0 Å². The van der Waals surface area contributed by atoms with Crippen LogP contribution in [0.15, 0.2) is 109 Å². The van der Waals surface area contributed by atoms with Gasteiger partial charge in [0.15, 0.2) is 0 Å². The first-order chi connectivity index (χ1) is 15.9. The fraction of sp³-hybridized carbons (Fsp3) is 0. The van der Waals surface area contributed by atoms with E-state index in [1.807, 2.05) is 0 Å². The van der Waals surface area contributed by atoms with Crippen molar-refractivity contribution in [3.05, 3.63) is 126 Å². The zero-order valence-electron chi connectivity index (χ0n) is 17.3. The number of rotatable bonds is 3. The van der Waals surface area contributed by atoms with E-state index in [9.17, 15) is 14.4 Å². The third-order valence-electron chi connectivity index (χ3n) is 3.47. The number of hydrogen-bond acceptors (Lipinski definition) is 6. The molecule has 168 valence electrons. The molecule has 0 aliphatic heterocycles. The van der Waals surface area contributed by atoms with Crippen LogP contribution >= 0.6 is 0 Å². The van der Waals surface area contributed by atoms with Crippen LogP contribution in [-0.4, -0.2) is 48.6 Å². The quantitative estimate of drug-likeness (QED) is 0.423. The molecule has 4 rings (SSSR count). The molecule has 1 aromatic heterocycles. The number of nitrogens with zero attached hydrogens (tertiary/aromatic N) is 3. The molecule has 0 aliphatic carbocycles. The first kappa shape index (κ1) is 26.1. The Hall–Kier alpha value is -4.92. The second-order valence-electron chi connectivity index (χ2n) is 5.82. The van der Waals surface area contributed by atoms with Crippen molar-refractivity contribution in [2.45, 2.75) is 0 Å². The highest BCUT2D eigenvalue weighted by atomic mass is 16.4. The molecule has 0 aliphatic rings. The van der Waals surface area contributed by atoms with Gasteiger partial charge in [-0.1, -0.05) is 54.6 Å². The molecule has 0 saturated heterocycles. The van der Waals surface area contributed by atoms with Gasteiger partial charge in [0.1, 0.15) is 0 Å². The standard InChI is InChI=1S/3C7H6O2.C3H3N3/c3*8-7(9)6-4-2-1-3-5-6;1-2-4-6-5-3-1/h3*1-5H,(H,8,9);1-3H. The average Bonchev–Trinajstić information content (AvgIpc) is 2.88. The molecule has 4 aromatic rings. The molecule has 0 unspecified atom stereocenters. The summed E-state index contributed by atoms with van der Waals surface area (Å²) in [6.07, 6.45) is 3.15. The molecule has 0 radical (unpaired) electrons. The summed E-state index contributed by atoms with van der Waals surface area (Å²) in [6, 6.07) is 26.6. The first-order valence-electron chi connectivity index (χ1n) is 9.35. The van der Waals surface area contributed by atoms with Gasteiger partial charge < -0.3 is 15.3 Å². The van der Waals surface area contributed by atoms with Gasteiger partial charge in [-0.3, -0.25) is 0 Å². The highest BCUT2D eigenvalue weighted by Gasteiger charge is 1.98. The summed E-state index contributed by atoms with van der Waals surface area (Å²) in [6.45, 7) is 0. The van der Waals surface area contributed by atoms with E-state index < -0.39 is 17.9 Å². The van der Waals surface area contributed by atoms with E-state index in [0.717, 1.165) is 0 Å². The van der Waals surface area contributed by atoms with E-state index in [-0.39, 0.29) is 0 Å². The number of carboxylic acid groups (broad SMARTS) is 3. The average molecular weight is 447 g/mol. The van der Waals surface area contributed by atoms with Gasteiger partial charge in [-0.25, -0.2) is 14.4 Å². The molecule has 9 nitrogen and oxygen atoms in total. The van der Waals surface area contributed by atoms with Gasteiger partial charge >= 0.3 is 17.9 Å². The predicted octanol–water partition coefficient (Wildman–Crippen LogP) is 4.03. The van der Waals surface area contributed by atoms with Gasteiger partial charge in [-0.2, -0.15) is 0 Å². The van der Waals surface area contributed by atoms with E-state index in [1.54, 1.807) is 109 Å². The number of carbonyl (C=O) groups is 3. The maximum Gasteiger partial charge on any atom is 0.335 e. The van der Waals surface area contributed by atoms with E-state index in [1.165, 1.54) is 0 Å². The molecule has 0 saturated carbocycles. The Labute approximate surface area is 189 Å².